The lowest BCUT2D eigenvalue weighted by Gasteiger charge is -2.17. The van der Waals surface area contributed by atoms with Crippen molar-refractivity contribution in [3.05, 3.63) is 47.2 Å². The lowest BCUT2D eigenvalue weighted by Crippen LogP contribution is -2.08. The van der Waals surface area contributed by atoms with E-state index in [4.69, 9.17) is 4.74 Å². The third kappa shape index (κ3) is 5.76. The molecule has 5 heteroatoms. The molecule has 1 aromatic rings. The van der Waals surface area contributed by atoms with Gasteiger partial charge < -0.3 is 4.74 Å². The molecule has 0 bridgehead atoms. The van der Waals surface area contributed by atoms with Gasteiger partial charge in [0.05, 0.1) is 12.7 Å². The van der Waals surface area contributed by atoms with Gasteiger partial charge in [0.15, 0.2) is 0 Å². The summed E-state index contributed by atoms with van der Waals surface area (Å²) in [6.07, 6.45) is 2.07. The van der Waals surface area contributed by atoms with Crippen molar-refractivity contribution in [2.75, 3.05) is 7.11 Å². The van der Waals surface area contributed by atoms with Gasteiger partial charge in [-0.25, -0.2) is 0 Å². The first-order valence-electron chi connectivity index (χ1n) is 8.41. The number of nitrogens with zero attached hydrogens (tertiary/aromatic N) is 1. The SMILES string of the molecule is CCC/C=C\N=C(C)C(=C(C)CC)c1ccc(C(F)(F)F)cc1OC. The Morgan fingerprint density at radius 3 is 2.40 bits per heavy atom. The number of halogens is 3. The second-order valence-corrected chi connectivity index (χ2v) is 5.81. The Morgan fingerprint density at radius 1 is 1.20 bits per heavy atom. The van der Waals surface area contributed by atoms with Gasteiger partial charge in [-0.1, -0.05) is 31.9 Å². The van der Waals surface area contributed by atoms with Crippen LogP contribution in [0.25, 0.3) is 5.57 Å². The molecule has 0 aliphatic heterocycles. The van der Waals surface area contributed by atoms with Crippen LogP contribution in [0.3, 0.4) is 0 Å². The lowest BCUT2D eigenvalue weighted by atomic mass is 9.93. The minimum Gasteiger partial charge on any atom is -0.496 e. The molecule has 0 aromatic heterocycles. The van der Waals surface area contributed by atoms with E-state index in [1.165, 1.54) is 13.2 Å². The number of aliphatic imine (C=N–C) groups is 1. The lowest BCUT2D eigenvalue weighted by molar-refractivity contribution is -0.137. The van der Waals surface area contributed by atoms with Crippen molar-refractivity contribution >= 4 is 11.3 Å². The molecule has 0 heterocycles. The number of unbranched alkanes of at least 4 members (excludes halogenated alkanes) is 1. The molecule has 0 aliphatic carbocycles. The fourth-order valence-electron chi connectivity index (χ4n) is 2.45. The van der Waals surface area contributed by atoms with Gasteiger partial charge in [0.25, 0.3) is 0 Å². The van der Waals surface area contributed by atoms with Crippen LogP contribution in [0.5, 0.6) is 5.75 Å². The predicted molar refractivity (Wildman–Crippen MR) is 98.0 cm³/mol. The first-order chi connectivity index (χ1) is 11.8. The van der Waals surface area contributed by atoms with Gasteiger partial charge in [0.1, 0.15) is 5.75 Å². The first kappa shape index (κ1) is 21.0. The molecule has 0 atom stereocenters. The highest BCUT2D eigenvalue weighted by Gasteiger charge is 2.31. The molecule has 1 rings (SSSR count). The molecule has 0 amide bonds. The molecule has 2 nitrogen and oxygen atoms in total. The standard InChI is InChI=1S/C20H26F3NO/c1-6-8-9-12-24-15(4)19(14(3)7-2)17-11-10-16(20(21,22)23)13-18(17)25-5/h9-13H,6-8H2,1-5H3/b12-9-,19-14?,24-15?. The molecule has 0 saturated carbocycles. The number of alkyl halides is 3. The van der Waals surface area contributed by atoms with Crippen LogP contribution < -0.4 is 4.74 Å². The first-order valence-corrected chi connectivity index (χ1v) is 8.41. The summed E-state index contributed by atoms with van der Waals surface area (Å²) in [7, 11) is 1.38. The van der Waals surface area contributed by atoms with E-state index in [9.17, 15) is 13.2 Å². The molecule has 25 heavy (non-hydrogen) atoms. The van der Waals surface area contributed by atoms with E-state index in [0.717, 1.165) is 48.3 Å². The van der Waals surface area contributed by atoms with Crippen molar-refractivity contribution < 1.29 is 17.9 Å². The number of rotatable bonds is 7. The predicted octanol–water partition coefficient (Wildman–Crippen LogP) is 6.67. The van der Waals surface area contributed by atoms with Crippen LogP contribution in [0, 0.1) is 0 Å². The summed E-state index contributed by atoms with van der Waals surface area (Å²) in [5, 5.41) is 0. The smallest absolute Gasteiger partial charge is 0.416 e. The van der Waals surface area contributed by atoms with E-state index in [1.807, 2.05) is 26.8 Å². The highest BCUT2D eigenvalue weighted by molar-refractivity contribution is 6.24. The summed E-state index contributed by atoms with van der Waals surface area (Å²) in [4.78, 5) is 4.45. The maximum absolute atomic E-state index is 13.0. The van der Waals surface area contributed by atoms with Gasteiger partial charge in [0, 0.05) is 23.0 Å². The van der Waals surface area contributed by atoms with Gasteiger partial charge in [-0.2, -0.15) is 13.2 Å². The number of allylic oxidation sites excluding steroid dienone is 3. The van der Waals surface area contributed by atoms with Gasteiger partial charge in [-0.3, -0.25) is 4.99 Å². The van der Waals surface area contributed by atoms with E-state index in [1.54, 1.807) is 6.20 Å². The number of methoxy groups -OCH3 is 1. The minimum atomic E-state index is -4.40. The Bertz CT molecular complexity index is 670. The number of ether oxygens (including phenoxy) is 1. The van der Waals surface area contributed by atoms with Gasteiger partial charge in [-0.05, 0) is 44.9 Å². The van der Waals surface area contributed by atoms with Crippen molar-refractivity contribution in [2.45, 2.75) is 53.1 Å². The molecular formula is C20H26F3NO. The molecule has 0 radical (unpaired) electrons. The van der Waals surface area contributed by atoms with Crippen molar-refractivity contribution in [3.8, 4) is 5.75 Å². The summed E-state index contributed by atoms with van der Waals surface area (Å²) in [5.74, 6) is 0.199. The summed E-state index contributed by atoms with van der Waals surface area (Å²) >= 11 is 0. The molecule has 0 aliphatic rings. The van der Waals surface area contributed by atoms with E-state index >= 15 is 0 Å². The van der Waals surface area contributed by atoms with E-state index in [2.05, 4.69) is 11.9 Å². The highest BCUT2D eigenvalue weighted by Crippen LogP contribution is 2.37. The zero-order valence-corrected chi connectivity index (χ0v) is 15.5. The molecule has 0 N–H and O–H groups in total. The van der Waals surface area contributed by atoms with E-state index in [-0.39, 0.29) is 5.75 Å². The maximum Gasteiger partial charge on any atom is 0.416 e. The van der Waals surface area contributed by atoms with Crippen molar-refractivity contribution in [3.63, 3.8) is 0 Å². The molecule has 0 spiro atoms. The molecule has 0 unspecified atom stereocenters. The highest BCUT2D eigenvalue weighted by atomic mass is 19.4. The summed E-state index contributed by atoms with van der Waals surface area (Å²) in [6, 6.07) is 3.59. The molecule has 0 fully saturated rings. The van der Waals surface area contributed by atoms with Crippen LogP contribution in [0.1, 0.15) is 58.1 Å². The molecule has 138 valence electrons. The van der Waals surface area contributed by atoms with E-state index < -0.39 is 11.7 Å². The fourth-order valence-corrected chi connectivity index (χ4v) is 2.45. The fraction of sp³-hybridized carbons (Fsp3) is 0.450. The Morgan fingerprint density at radius 2 is 1.88 bits per heavy atom. The molecular weight excluding hydrogens is 327 g/mol. The summed E-state index contributed by atoms with van der Waals surface area (Å²) in [6.45, 7) is 7.91. The number of hydrogen-bond donors (Lipinski definition) is 0. The maximum atomic E-state index is 13.0. The average Bonchev–Trinajstić information content (AvgIpc) is 2.58. The topological polar surface area (TPSA) is 21.6 Å². The molecule has 1 aromatic carbocycles. The van der Waals surface area contributed by atoms with Gasteiger partial charge in [0.2, 0.25) is 0 Å². The second-order valence-electron chi connectivity index (χ2n) is 5.81. The Kier molecular flexibility index (Phi) is 7.94. The average molecular weight is 353 g/mol. The van der Waals surface area contributed by atoms with Crippen LogP contribution in [0.15, 0.2) is 41.0 Å². The molecule has 0 saturated heterocycles. The van der Waals surface area contributed by atoms with Gasteiger partial charge >= 0.3 is 6.18 Å². The van der Waals surface area contributed by atoms with Crippen LogP contribution in [-0.4, -0.2) is 12.8 Å². The number of hydrogen-bond acceptors (Lipinski definition) is 2. The Hall–Kier alpha value is -2.04. The Balaban J connectivity index is 3.43. The third-order valence-corrected chi connectivity index (χ3v) is 3.95. The van der Waals surface area contributed by atoms with Crippen LogP contribution >= 0.6 is 0 Å². The second kappa shape index (κ2) is 9.44. The third-order valence-electron chi connectivity index (χ3n) is 3.95. The quantitative estimate of drug-likeness (QED) is 0.501. The zero-order chi connectivity index (χ0) is 19.0. The summed E-state index contributed by atoms with van der Waals surface area (Å²) < 4.78 is 44.1. The van der Waals surface area contributed by atoms with Gasteiger partial charge in [-0.15, -0.1) is 0 Å². The minimum absolute atomic E-state index is 0.199. The Labute approximate surface area is 148 Å². The van der Waals surface area contributed by atoms with Crippen LogP contribution in [0.2, 0.25) is 0 Å². The summed E-state index contributed by atoms with van der Waals surface area (Å²) in [5.41, 5.74) is 2.53. The van der Waals surface area contributed by atoms with Crippen molar-refractivity contribution in [2.24, 2.45) is 4.99 Å². The van der Waals surface area contributed by atoms with Crippen molar-refractivity contribution in [1.82, 2.24) is 0 Å². The van der Waals surface area contributed by atoms with Crippen molar-refractivity contribution in [1.29, 1.82) is 0 Å². The number of benzene rings is 1. The van der Waals surface area contributed by atoms with E-state index in [0.29, 0.717) is 5.56 Å². The zero-order valence-electron chi connectivity index (χ0n) is 15.5. The van der Waals surface area contributed by atoms with Crippen LogP contribution in [-0.2, 0) is 6.18 Å². The monoisotopic (exact) mass is 353 g/mol. The normalized spacial score (nSPS) is 14.0. The van der Waals surface area contributed by atoms with Crippen LogP contribution in [0.4, 0.5) is 13.2 Å². The largest absolute Gasteiger partial charge is 0.496 e.